The summed E-state index contributed by atoms with van der Waals surface area (Å²) < 4.78 is 10.7. The summed E-state index contributed by atoms with van der Waals surface area (Å²) in [5.41, 5.74) is 0.495. The number of carbonyl (C=O) groups is 1. The summed E-state index contributed by atoms with van der Waals surface area (Å²) in [4.78, 5) is 11.7. The van der Waals surface area contributed by atoms with E-state index in [4.69, 9.17) is 14.6 Å². The molecular weight excluding hydrogens is 222 g/mol. The number of ether oxygens (including phenoxy) is 2. The molecule has 0 saturated carbocycles. The molecule has 0 spiro atoms. The second-order valence-electron chi connectivity index (χ2n) is 3.92. The van der Waals surface area contributed by atoms with Gasteiger partial charge >= 0.3 is 0 Å². The number of fused-ring (bicyclic) bond motifs is 1. The largest absolute Gasteiger partial charge is 0.486 e. The molecule has 1 aromatic rings. The lowest BCUT2D eigenvalue weighted by molar-refractivity contribution is 0.0923. The summed E-state index contributed by atoms with van der Waals surface area (Å²) in [6, 6.07) is 5.03. The van der Waals surface area contributed by atoms with E-state index < -0.39 is 6.10 Å². The topological polar surface area (TPSA) is 67.8 Å². The molecule has 2 rings (SSSR count). The second-order valence-corrected chi connectivity index (χ2v) is 3.92. The van der Waals surface area contributed by atoms with Crippen LogP contribution in [-0.4, -0.2) is 36.9 Å². The number of amides is 1. The predicted molar refractivity (Wildman–Crippen MR) is 61.4 cm³/mol. The lowest BCUT2D eigenvalue weighted by atomic mass is 10.2. The highest BCUT2D eigenvalue weighted by atomic mass is 16.6. The number of hydrogen-bond donors (Lipinski definition) is 2. The fourth-order valence-electron chi connectivity index (χ4n) is 1.53. The van der Waals surface area contributed by atoms with Gasteiger partial charge in [-0.25, -0.2) is 0 Å². The molecule has 5 heteroatoms. The van der Waals surface area contributed by atoms with Crippen molar-refractivity contribution in [3.05, 3.63) is 23.8 Å². The molecule has 1 aromatic carbocycles. The normalized spacial score (nSPS) is 15.2. The van der Waals surface area contributed by atoms with E-state index in [1.165, 1.54) is 0 Å². The van der Waals surface area contributed by atoms with Gasteiger partial charge in [0.2, 0.25) is 0 Å². The van der Waals surface area contributed by atoms with Gasteiger partial charge in [0.25, 0.3) is 5.91 Å². The second kappa shape index (κ2) is 5.05. The number of aliphatic hydroxyl groups is 1. The van der Waals surface area contributed by atoms with E-state index in [0.717, 1.165) is 0 Å². The van der Waals surface area contributed by atoms with Crippen molar-refractivity contribution >= 4 is 5.91 Å². The van der Waals surface area contributed by atoms with Crippen molar-refractivity contribution in [1.29, 1.82) is 0 Å². The number of hydrogen-bond acceptors (Lipinski definition) is 4. The van der Waals surface area contributed by atoms with Gasteiger partial charge in [-0.1, -0.05) is 0 Å². The van der Waals surface area contributed by atoms with E-state index in [9.17, 15) is 4.79 Å². The van der Waals surface area contributed by atoms with Crippen LogP contribution >= 0.6 is 0 Å². The Hall–Kier alpha value is -1.75. The third-order valence-electron chi connectivity index (χ3n) is 2.36. The van der Waals surface area contributed by atoms with Crippen LogP contribution in [0.3, 0.4) is 0 Å². The molecule has 2 N–H and O–H groups in total. The lowest BCUT2D eigenvalue weighted by Gasteiger charge is -2.18. The van der Waals surface area contributed by atoms with Crippen LogP contribution in [0, 0.1) is 0 Å². The first-order chi connectivity index (χ1) is 8.16. The Kier molecular flexibility index (Phi) is 3.49. The molecule has 0 unspecified atom stereocenters. The van der Waals surface area contributed by atoms with Gasteiger partial charge in [0.1, 0.15) is 13.2 Å². The minimum atomic E-state index is -0.559. The molecule has 1 atom stereocenters. The third kappa shape index (κ3) is 2.88. The van der Waals surface area contributed by atoms with E-state index >= 15 is 0 Å². The maximum absolute atomic E-state index is 11.7. The maximum atomic E-state index is 11.7. The molecule has 0 bridgehead atoms. The van der Waals surface area contributed by atoms with Crippen LogP contribution in [0.25, 0.3) is 0 Å². The standard InChI is InChI=1S/C12H15NO4/c1-8(14)7-13-12(15)9-2-3-10-11(6-9)17-5-4-16-10/h2-3,6,8,14H,4-5,7H2,1H3,(H,13,15)/t8-/m0/s1. The molecule has 5 nitrogen and oxygen atoms in total. The van der Waals surface area contributed by atoms with E-state index in [1.807, 2.05) is 0 Å². The number of benzene rings is 1. The van der Waals surface area contributed by atoms with Gasteiger partial charge < -0.3 is 19.9 Å². The molecule has 0 radical (unpaired) electrons. The van der Waals surface area contributed by atoms with Crippen LogP contribution in [0.1, 0.15) is 17.3 Å². The molecule has 92 valence electrons. The lowest BCUT2D eigenvalue weighted by Crippen LogP contribution is -2.30. The van der Waals surface area contributed by atoms with Crippen molar-refractivity contribution in [3.63, 3.8) is 0 Å². The molecule has 1 aliphatic heterocycles. The highest BCUT2D eigenvalue weighted by molar-refractivity contribution is 5.94. The molecule has 17 heavy (non-hydrogen) atoms. The highest BCUT2D eigenvalue weighted by Crippen LogP contribution is 2.30. The Balaban J connectivity index is 2.08. The van der Waals surface area contributed by atoms with E-state index in [-0.39, 0.29) is 12.5 Å². The van der Waals surface area contributed by atoms with Crippen LogP contribution in [0.5, 0.6) is 11.5 Å². The van der Waals surface area contributed by atoms with Gasteiger partial charge in [0.15, 0.2) is 11.5 Å². The van der Waals surface area contributed by atoms with E-state index in [2.05, 4.69) is 5.32 Å². The average molecular weight is 237 g/mol. The summed E-state index contributed by atoms with van der Waals surface area (Å²) >= 11 is 0. The molecule has 1 amide bonds. The van der Waals surface area contributed by atoms with Crippen LogP contribution in [0.4, 0.5) is 0 Å². The van der Waals surface area contributed by atoms with Crippen molar-refractivity contribution in [2.24, 2.45) is 0 Å². The summed E-state index contributed by atoms with van der Waals surface area (Å²) in [7, 11) is 0. The van der Waals surface area contributed by atoms with Crippen molar-refractivity contribution in [1.82, 2.24) is 5.32 Å². The molecule has 0 aliphatic carbocycles. The zero-order chi connectivity index (χ0) is 12.3. The van der Waals surface area contributed by atoms with Crippen molar-refractivity contribution in [2.75, 3.05) is 19.8 Å². The van der Waals surface area contributed by atoms with Gasteiger partial charge in [-0.15, -0.1) is 0 Å². The maximum Gasteiger partial charge on any atom is 0.251 e. The zero-order valence-electron chi connectivity index (χ0n) is 9.60. The number of nitrogens with one attached hydrogen (secondary N) is 1. The first-order valence-corrected chi connectivity index (χ1v) is 5.53. The summed E-state index contributed by atoms with van der Waals surface area (Å²) in [5.74, 6) is 1.01. The first kappa shape index (κ1) is 11.7. The Morgan fingerprint density at radius 2 is 2.12 bits per heavy atom. The van der Waals surface area contributed by atoms with Crippen LogP contribution in [0.2, 0.25) is 0 Å². The SMILES string of the molecule is C[C@H](O)CNC(=O)c1ccc2c(c1)OCCO2. The summed E-state index contributed by atoms with van der Waals surface area (Å²) in [5, 5.41) is 11.7. The van der Waals surface area contributed by atoms with Gasteiger partial charge in [0.05, 0.1) is 6.10 Å². The minimum absolute atomic E-state index is 0.229. The molecular formula is C12H15NO4. The zero-order valence-corrected chi connectivity index (χ0v) is 9.60. The van der Waals surface area contributed by atoms with Gasteiger partial charge in [-0.2, -0.15) is 0 Å². The molecule has 1 aliphatic rings. The third-order valence-corrected chi connectivity index (χ3v) is 2.36. The van der Waals surface area contributed by atoms with Crippen LogP contribution in [-0.2, 0) is 0 Å². The molecule has 0 fully saturated rings. The minimum Gasteiger partial charge on any atom is -0.486 e. The van der Waals surface area contributed by atoms with Gasteiger partial charge in [-0.05, 0) is 25.1 Å². The van der Waals surface area contributed by atoms with Crippen LogP contribution < -0.4 is 14.8 Å². The Morgan fingerprint density at radius 3 is 2.82 bits per heavy atom. The Labute approximate surface area is 99.3 Å². The smallest absolute Gasteiger partial charge is 0.251 e. The van der Waals surface area contributed by atoms with Crippen LogP contribution in [0.15, 0.2) is 18.2 Å². The Bertz CT molecular complexity index is 417. The molecule has 0 saturated heterocycles. The number of carbonyl (C=O) groups excluding carboxylic acids is 1. The quantitative estimate of drug-likeness (QED) is 0.806. The average Bonchev–Trinajstić information content (AvgIpc) is 2.35. The predicted octanol–water partition coefficient (Wildman–Crippen LogP) is 0.568. The van der Waals surface area contributed by atoms with Crippen molar-refractivity contribution in [2.45, 2.75) is 13.0 Å². The van der Waals surface area contributed by atoms with Gasteiger partial charge in [-0.3, -0.25) is 4.79 Å². The van der Waals surface area contributed by atoms with Crippen molar-refractivity contribution in [3.8, 4) is 11.5 Å². The molecule has 0 aromatic heterocycles. The van der Waals surface area contributed by atoms with Gasteiger partial charge in [0, 0.05) is 12.1 Å². The Morgan fingerprint density at radius 1 is 1.41 bits per heavy atom. The van der Waals surface area contributed by atoms with E-state index in [0.29, 0.717) is 30.3 Å². The summed E-state index contributed by atoms with van der Waals surface area (Å²) in [6.45, 7) is 2.86. The summed E-state index contributed by atoms with van der Waals surface area (Å²) in [6.07, 6.45) is -0.559. The first-order valence-electron chi connectivity index (χ1n) is 5.53. The highest BCUT2D eigenvalue weighted by Gasteiger charge is 2.14. The number of aliphatic hydroxyl groups excluding tert-OH is 1. The fraction of sp³-hybridized carbons (Fsp3) is 0.417. The fourth-order valence-corrected chi connectivity index (χ4v) is 1.53. The van der Waals surface area contributed by atoms with Crippen molar-refractivity contribution < 1.29 is 19.4 Å². The number of rotatable bonds is 3. The monoisotopic (exact) mass is 237 g/mol. The van der Waals surface area contributed by atoms with E-state index in [1.54, 1.807) is 25.1 Å². The molecule has 1 heterocycles.